The lowest BCUT2D eigenvalue weighted by Gasteiger charge is -2.23. The highest BCUT2D eigenvalue weighted by molar-refractivity contribution is 7.14. The lowest BCUT2D eigenvalue weighted by Crippen LogP contribution is -2.29. The number of amides is 1. The van der Waals surface area contributed by atoms with Crippen molar-refractivity contribution < 1.29 is 19.4 Å². The molecule has 4 aromatic rings. The predicted molar refractivity (Wildman–Crippen MR) is 140 cm³/mol. The van der Waals surface area contributed by atoms with Crippen molar-refractivity contribution in [1.82, 2.24) is 4.98 Å². The average Bonchev–Trinajstić information content (AvgIpc) is 3.49. The van der Waals surface area contributed by atoms with Crippen LogP contribution in [0.4, 0.5) is 5.13 Å². The fraction of sp³-hybridized carbons (Fsp3) is 0.107. The van der Waals surface area contributed by atoms with Crippen LogP contribution in [0, 0.1) is 6.92 Å². The first-order chi connectivity index (χ1) is 17.4. The number of hydrogen-bond donors (Lipinski definition) is 1. The Kier molecular flexibility index (Phi) is 6.59. The molecule has 1 aliphatic rings. The molecular formula is C28H21ClN2O4S. The summed E-state index contributed by atoms with van der Waals surface area (Å²) in [6, 6.07) is 20.8. The number of carbonyl (C=O) groups excluding carboxylic acids is 2. The van der Waals surface area contributed by atoms with Gasteiger partial charge in [-0.3, -0.25) is 14.5 Å². The summed E-state index contributed by atoms with van der Waals surface area (Å²) in [7, 11) is 0. The van der Waals surface area contributed by atoms with Crippen LogP contribution in [-0.4, -0.2) is 21.8 Å². The summed E-state index contributed by atoms with van der Waals surface area (Å²) >= 11 is 7.45. The summed E-state index contributed by atoms with van der Waals surface area (Å²) in [5.41, 5.74) is 3.16. The normalized spacial score (nSPS) is 16.9. The van der Waals surface area contributed by atoms with Gasteiger partial charge in [-0.2, -0.15) is 0 Å². The van der Waals surface area contributed by atoms with Crippen molar-refractivity contribution >= 4 is 45.5 Å². The standard InChI is InChI=1S/C28H21ClN2O4S/c1-17-4-2-5-18(14-17)16-35-22-10-8-19(9-11-22)25(32)23-24(20-6-3-7-21(29)15-20)31(27(34)26(23)33)28-30-12-13-36-28/h2-15,24,32H,16H2,1H3/b25-23+. The van der Waals surface area contributed by atoms with Crippen LogP contribution in [0.1, 0.15) is 28.3 Å². The van der Waals surface area contributed by atoms with Crippen LogP contribution in [-0.2, 0) is 16.2 Å². The molecule has 6 nitrogen and oxygen atoms in total. The number of thiazole rings is 1. The van der Waals surface area contributed by atoms with E-state index in [1.165, 1.54) is 16.2 Å². The van der Waals surface area contributed by atoms with Crippen molar-refractivity contribution in [3.63, 3.8) is 0 Å². The lowest BCUT2D eigenvalue weighted by atomic mass is 9.95. The Hall–Kier alpha value is -3.94. The second-order valence-electron chi connectivity index (χ2n) is 8.34. The molecule has 1 atom stereocenters. The molecule has 2 heterocycles. The monoisotopic (exact) mass is 516 g/mol. The number of aliphatic hydroxyl groups excluding tert-OH is 1. The summed E-state index contributed by atoms with van der Waals surface area (Å²) in [6.07, 6.45) is 1.56. The van der Waals surface area contributed by atoms with Gasteiger partial charge in [0.15, 0.2) is 5.13 Å². The molecule has 0 radical (unpaired) electrons. The predicted octanol–water partition coefficient (Wildman–Crippen LogP) is 6.31. The smallest absolute Gasteiger partial charge is 0.301 e. The Bertz CT molecular complexity index is 1470. The molecule has 3 aromatic carbocycles. The van der Waals surface area contributed by atoms with E-state index in [4.69, 9.17) is 16.3 Å². The summed E-state index contributed by atoms with van der Waals surface area (Å²) in [5, 5.41) is 13.8. The van der Waals surface area contributed by atoms with Crippen molar-refractivity contribution in [2.75, 3.05) is 4.90 Å². The molecule has 5 rings (SSSR count). The van der Waals surface area contributed by atoms with Crippen LogP contribution in [0.25, 0.3) is 5.76 Å². The minimum Gasteiger partial charge on any atom is -0.507 e. The number of Topliss-reactive ketones (excluding diaryl/α,β-unsaturated/α-hetero) is 1. The minimum atomic E-state index is -0.868. The first-order valence-corrected chi connectivity index (χ1v) is 12.4. The number of ether oxygens (including phenoxy) is 1. The maximum Gasteiger partial charge on any atom is 0.301 e. The van der Waals surface area contributed by atoms with Gasteiger partial charge in [0.25, 0.3) is 5.78 Å². The molecule has 0 saturated carbocycles. The van der Waals surface area contributed by atoms with Crippen molar-refractivity contribution in [2.24, 2.45) is 0 Å². The molecule has 180 valence electrons. The largest absolute Gasteiger partial charge is 0.507 e. The number of ketones is 1. The molecule has 0 spiro atoms. The maximum atomic E-state index is 13.2. The van der Waals surface area contributed by atoms with Crippen molar-refractivity contribution in [3.05, 3.63) is 117 Å². The van der Waals surface area contributed by atoms with Gasteiger partial charge in [0.05, 0.1) is 11.6 Å². The van der Waals surface area contributed by atoms with E-state index in [-0.39, 0.29) is 11.3 Å². The second kappa shape index (κ2) is 9.97. The molecule has 1 saturated heterocycles. The van der Waals surface area contributed by atoms with Crippen LogP contribution < -0.4 is 9.64 Å². The molecule has 0 aliphatic carbocycles. The lowest BCUT2D eigenvalue weighted by molar-refractivity contribution is -0.132. The SMILES string of the molecule is Cc1cccc(COc2ccc(/C(O)=C3\C(=O)C(=O)N(c4nccs4)C3c3cccc(Cl)c3)cc2)c1. The van der Waals surface area contributed by atoms with Gasteiger partial charge in [-0.05, 0) is 54.4 Å². The molecule has 1 unspecified atom stereocenters. The van der Waals surface area contributed by atoms with E-state index in [0.717, 1.165) is 11.1 Å². The number of hydrogen-bond acceptors (Lipinski definition) is 6. The van der Waals surface area contributed by atoms with Crippen LogP contribution in [0.3, 0.4) is 0 Å². The number of nitrogens with zero attached hydrogens (tertiary/aromatic N) is 2. The van der Waals surface area contributed by atoms with E-state index in [2.05, 4.69) is 11.1 Å². The Balaban J connectivity index is 1.49. The van der Waals surface area contributed by atoms with Gasteiger partial charge in [0.1, 0.15) is 18.1 Å². The molecule has 1 aliphatic heterocycles. The van der Waals surface area contributed by atoms with Crippen LogP contribution in [0.2, 0.25) is 5.02 Å². The van der Waals surface area contributed by atoms with Gasteiger partial charge in [-0.15, -0.1) is 11.3 Å². The highest BCUT2D eigenvalue weighted by Gasteiger charge is 2.48. The Morgan fingerprint density at radius 1 is 1.08 bits per heavy atom. The Morgan fingerprint density at radius 3 is 2.56 bits per heavy atom. The van der Waals surface area contributed by atoms with Gasteiger partial charge >= 0.3 is 5.91 Å². The summed E-state index contributed by atoms with van der Waals surface area (Å²) in [5.74, 6) is -1.20. The molecule has 1 aromatic heterocycles. The van der Waals surface area contributed by atoms with Gasteiger partial charge in [0.2, 0.25) is 0 Å². The third kappa shape index (κ3) is 4.63. The van der Waals surface area contributed by atoms with E-state index in [9.17, 15) is 14.7 Å². The molecular weight excluding hydrogens is 496 g/mol. The molecule has 1 amide bonds. The van der Waals surface area contributed by atoms with E-state index < -0.39 is 17.7 Å². The Morgan fingerprint density at radius 2 is 1.86 bits per heavy atom. The van der Waals surface area contributed by atoms with Crippen molar-refractivity contribution in [3.8, 4) is 5.75 Å². The highest BCUT2D eigenvalue weighted by atomic mass is 35.5. The fourth-order valence-corrected chi connectivity index (χ4v) is 5.06. The van der Waals surface area contributed by atoms with Gasteiger partial charge in [0, 0.05) is 22.2 Å². The summed E-state index contributed by atoms with van der Waals surface area (Å²) in [6.45, 7) is 2.43. The van der Waals surface area contributed by atoms with Gasteiger partial charge in [-0.1, -0.05) is 53.6 Å². The zero-order valence-corrected chi connectivity index (χ0v) is 20.8. The third-order valence-corrected chi connectivity index (χ3v) is 6.86. The van der Waals surface area contributed by atoms with E-state index >= 15 is 0 Å². The van der Waals surface area contributed by atoms with Crippen LogP contribution >= 0.6 is 22.9 Å². The number of aromatic nitrogens is 1. The molecule has 1 N–H and O–H groups in total. The fourth-order valence-electron chi connectivity index (χ4n) is 4.19. The minimum absolute atomic E-state index is 0.0223. The topological polar surface area (TPSA) is 79.7 Å². The highest BCUT2D eigenvalue weighted by Crippen LogP contribution is 2.43. The van der Waals surface area contributed by atoms with Gasteiger partial charge in [-0.25, -0.2) is 4.98 Å². The van der Waals surface area contributed by atoms with Crippen LogP contribution in [0.15, 0.2) is 89.9 Å². The molecule has 36 heavy (non-hydrogen) atoms. The summed E-state index contributed by atoms with van der Waals surface area (Å²) in [4.78, 5) is 31.8. The van der Waals surface area contributed by atoms with E-state index in [1.54, 1.807) is 60.1 Å². The zero-order valence-electron chi connectivity index (χ0n) is 19.2. The second-order valence-corrected chi connectivity index (χ2v) is 9.65. The van der Waals surface area contributed by atoms with Crippen molar-refractivity contribution in [2.45, 2.75) is 19.6 Å². The third-order valence-electron chi connectivity index (χ3n) is 5.85. The van der Waals surface area contributed by atoms with E-state index in [1.807, 2.05) is 25.1 Å². The van der Waals surface area contributed by atoms with Crippen molar-refractivity contribution in [1.29, 1.82) is 0 Å². The number of aliphatic hydroxyl groups is 1. The molecule has 8 heteroatoms. The Labute approximate surface area is 217 Å². The number of halogens is 1. The molecule has 0 bridgehead atoms. The first kappa shape index (κ1) is 23.8. The number of carbonyl (C=O) groups is 2. The number of rotatable bonds is 6. The number of aryl methyl sites for hydroxylation is 1. The summed E-state index contributed by atoms with van der Waals surface area (Å²) < 4.78 is 5.87. The number of anilines is 1. The number of benzene rings is 3. The zero-order chi connectivity index (χ0) is 25.2. The average molecular weight is 517 g/mol. The van der Waals surface area contributed by atoms with Crippen LogP contribution in [0.5, 0.6) is 5.75 Å². The van der Waals surface area contributed by atoms with E-state index in [0.29, 0.717) is 33.6 Å². The maximum absolute atomic E-state index is 13.2. The first-order valence-electron chi connectivity index (χ1n) is 11.2. The van der Waals surface area contributed by atoms with Gasteiger partial charge < -0.3 is 9.84 Å². The quantitative estimate of drug-likeness (QED) is 0.184. The molecule has 1 fully saturated rings.